The minimum absolute atomic E-state index is 0.0616. The zero-order chi connectivity index (χ0) is 13.2. The number of rotatable bonds is 3. The van der Waals surface area contributed by atoms with Crippen molar-refractivity contribution in [2.45, 2.75) is 4.90 Å². The third kappa shape index (κ3) is 2.92. The van der Waals surface area contributed by atoms with Gasteiger partial charge in [-0.25, -0.2) is 18.1 Å². The Labute approximate surface area is 115 Å². The van der Waals surface area contributed by atoms with E-state index in [0.717, 1.165) is 6.20 Å². The number of nitrogens with one attached hydrogen (secondary N) is 1. The van der Waals surface area contributed by atoms with Gasteiger partial charge in [0.05, 0.1) is 5.51 Å². The highest BCUT2D eigenvalue weighted by Crippen LogP contribution is 2.14. The molecule has 2 rings (SSSR count). The highest BCUT2D eigenvalue weighted by molar-refractivity contribution is 9.10. The summed E-state index contributed by atoms with van der Waals surface area (Å²) in [6.07, 6.45) is 2.60. The number of amides is 1. The molecule has 0 aliphatic heterocycles. The van der Waals surface area contributed by atoms with Crippen LogP contribution in [-0.2, 0) is 10.0 Å². The Kier molecular flexibility index (Phi) is 3.73. The maximum atomic E-state index is 11.9. The molecule has 2 heterocycles. The van der Waals surface area contributed by atoms with Gasteiger partial charge in [0.25, 0.3) is 15.9 Å². The van der Waals surface area contributed by atoms with E-state index in [1.807, 2.05) is 4.72 Å². The number of halogens is 1. The largest absolute Gasteiger partial charge is 0.284 e. The van der Waals surface area contributed by atoms with Crippen LogP contribution >= 0.6 is 27.3 Å². The summed E-state index contributed by atoms with van der Waals surface area (Å²) < 4.78 is 26.2. The zero-order valence-electron chi connectivity index (χ0n) is 8.70. The monoisotopic (exact) mass is 347 g/mol. The Bertz CT molecular complexity index is 670. The number of sulfonamides is 1. The normalized spacial score (nSPS) is 11.2. The van der Waals surface area contributed by atoms with Crippen LogP contribution in [0, 0.1) is 0 Å². The molecule has 0 saturated heterocycles. The molecule has 1 amide bonds. The van der Waals surface area contributed by atoms with E-state index in [0.29, 0.717) is 4.47 Å². The van der Waals surface area contributed by atoms with Crippen LogP contribution < -0.4 is 4.72 Å². The molecule has 2 aromatic heterocycles. The molecule has 18 heavy (non-hydrogen) atoms. The molecular weight excluding hydrogens is 342 g/mol. The fourth-order valence-electron chi connectivity index (χ4n) is 1.10. The number of carbonyl (C=O) groups is 1. The molecule has 0 fully saturated rings. The van der Waals surface area contributed by atoms with Gasteiger partial charge in [-0.2, -0.15) is 0 Å². The van der Waals surface area contributed by atoms with Crippen LogP contribution in [0.5, 0.6) is 0 Å². The summed E-state index contributed by atoms with van der Waals surface area (Å²) in [5, 5.41) is 1.46. The summed E-state index contributed by atoms with van der Waals surface area (Å²) in [4.78, 5) is 19.0. The second kappa shape index (κ2) is 5.12. The van der Waals surface area contributed by atoms with E-state index in [9.17, 15) is 13.2 Å². The number of carbonyl (C=O) groups excluding carboxylic acids is 1. The zero-order valence-corrected chi connectivity index (χ0v) is 11.9. The number of thiazole rings is 1. The Morgan fingerprint density at radius 2 is 2.17 bits per heavy atom. The van der Waals surface area contributed by atoms with Crippen molar-refractivity contribution < 1.29 is 13.2 Å². The smallest absolute Gasteiger partial charge is 0.266 e. The maximum Gasteiger partial charge on any atom is 0.284 e. The number of aromatic nitrogens is 2. The molecule has 0 aromatic carbocycles. The van der Waals surface area contributed by atoms with Crippen molar-refractivity contribution in [3.05, 3.63) is 39.5 Å². The van der Waals surface area contributed by atoms with Gasteiger partial charge in [-0.05, 0) is 22.0 Å². The van der Waals surface area contributed by atoms with Crippen LogP contribution in [0.15, 0.2) is 38.7 Å². The minimum atomic E-state index is -3.94. The fourth-order valence-corrected chi connectivity index (χ4v) is 3.09. The quantitative estimate of drug-likeness (QED) is 0.906. The minimum Gasteiger partial charge on any atom is -0.266 e. The second-order valence-corrected chi connectivity index (χ2v) is 6.46. The summed E-state index contributed by atoms with van der Waals surface area (Å²) in [7, 11) is -3.94. The lowest BCUT2D eigenvalue weighted by Crippen LogP contribution is -2.30. The van der Waals surface area contributed by atoms with Crippen molar-refractivity contribution in [3.8, 4) is 0 Å². The Morgan fingerprint density at radius 1 is 1.39 bits per heavy atom. The first-order valence-electron chi connectivity index (χ1n) is 4.55. The lowest BCUT2D eigenvalue weighted by molar-refractivity contribution is 0.0977. The van der Waals surface area contributed by atoms with E-state index >= 15 is 0 Å². The molecule has 0 aliphatic carbocycles. The van der Waals surface area contributed by atoms with Crippen LogP contribution in [0.3, 0.4) is 0 Å². The van der Waals surface area contributed by atoms with Crippen molar-refractivity contribution >= 4 is 43.2 Å². The number of hydrogen-bond acceptors (Lipinski definition) is 6. The van der Waals surface area contributed by atoms with Gasteiger partial charge in [-0.3, -0.25) is 9.78 Å². The van der Waals surface area contributed by atoms with Crippen LogP contribution in [0.2, 0.25) is 0 Å². The van der Waals surface area contributed by atoms with Crippen molar-refractivity contribution in [1.82, 2.24) is 14.7 Å². The first-order chi connectivity index (χ1) is 8.49. The topological polar surface area (TPSA) is 89.0 Å². The predicted octanol–water partition coefficient (Wildman–Crippen LogP) is 1.42. The van der Waals surface area contributed by atoms with Crippen molar-refractivity contribution in [2.24, 2.45) is 0 Å². The Morgan fingerprint density at radius 3 is 2.78 bits per heavy atom. The molecular formula is C9H6BrN3O3S2. The molecule has 0 aliphatic rings. The van der Waals surface area contributed by atoms with E-state index in [2.05, 4.69) is 25.9 Å². The average Bonchev–Trinajstić information content (AvgIpc) is 2.82. The van der Waals surface area contributed by atoms with Gasteiger partial charge in [-0.1, -0.05) is 0 Å². The van der Waals surface area contributed by atoms with Crippen LogP contribution in [0.25, 0.3) is 0 Å². The number of pyridine rings is 1. The standard InChI is InChI=1S/C9H6BrN3O3S2/c10-6-1-7(3-11-2-6)18(15,16)13-9(14)8-4-17-5-12-8/h1-5H,(H,13,14). The molecule has 94 valence electrons. The van der Waals surface area contributed by atoms with E-state index in [1.54, 1.807) is 0 Å². The van der Waals surface area contributed by atoms with Gasteiger partial charge in [0.15, 0.2) is 0 Å². The van der Waals surface area contributed by atoms with Crippen LogP contribution in [0.4, 0.5) is 0 Å². The van der Waals surface area contributed by atoms with Crippen LogP contribution in [-0.4, -0.2) is 24.3 Å². The van der Waals surface area contributed by atoms with Gasteiger partial charge >= 0.3 is 0 Å². The number of nitrogens with zero attached hydrogens (tertiary/aromatic N) is 2. The van der Waals surface area contributed by atoms with Gasteiger partial charge < -0.3 is 0 Å². The Hall–Kier alpha value is -1.32. The van der Waals surface area contributed by atoms with Gasteiger partial charge in [-0.15, -0.1) is 11.3 Å². The summed E-state index contributed by atoms with van der Waals surface area (Å²) in [5.41, 5.74) is 1.51. The third-order valence-corrected chi connectivity index (χ3v) is 4.20. The molecule has 0 bridgehead atoms. The molecule has 0 unspecified atom stereocenters. The third-order valence-electron chi connectivity index (χ3n) is 1.88. The lowest BCUT2D eigenvalue weighted by Gasteiger charge is -2.05. The summed E-state index contributed by atoms with van der Waals surface area (Å²) in [6, 6.07) is 1.35. The van der Waals surface area contributed by atoms with E-state index < -0.39 is 15.9 Å². The van der Waals surface area contributed by atoms with Gasteiger partial charge in [0, 0.05) is 22.2 Å². The van der Waals surface area contributed by atoms with E-state index in [-0.39, 0.29) is 10.6 Å². The maximum absolute atomic E-state index is 11.9. The molecule has 0 saturated carbocycles. The second-order valence-electron chi connectivity index (χ2n) is 3.15. The molecule has 0 atom stereocenters. The Balaban J connectivity index is 2.25. The summed E-state index contributed by atoms with van der Waals surface area (Å²) in [6.45, 7) is 0. The fraction of sp³-hybridized carbons (Fsp3) is 0. The van der Waals surface area contributed by atoms with Crippen molar-refractivity contribution in [1.29, 1.82) is 0 Å². The van der Waals surface area contributed by atoms with Gasteiger partial charge in [0.2, 0.25) is 0 Å². The lowest BCUT2D eigenvalue weighted by atomic mass is 10.5. The van der Waals surface area contributed by atoms with Gasteiger partial charge in [0.1, 0.15) is 10.6 Å². The van der Waals surface area contributed by atoms with Crippen molar-refractivity contribution in [2.75, 3.05) is 0 Å². The van der Waals surface area contributed by atoms with E-state index in [1.165, 1.54) is 34.5 Å². The predicted molar refractivity (Wildman–Crippen MR) is 68.7 cm³/mol. The average molecular weight is 348 g/mol. The highest BCUT2D eigenvalue weighted by atomic mass is 79.9. The van der Waals surface area contributed by atoms with E-state index in [4.69, 9.17) is 0 Å². The first-order valence-corrected chi connectivity index (χ1v) is 7.77. The van der Waals surface area contributed by atoms with Crippen LogP contribution in [0.1, 0.15) is 10.5 Å². The summed E-state index contributed by atoms with van der Waals surface area (Å²) >= 11 is 4.31. The SMILES string of the molecule is O=C(NS(=O)(=O)c1cncc(Br)c1)c1cscn1. The first kappa shape index (κ1) is 13.1. The number of hydrogen-bond donors (Lipinski definition) is 1. The molecule has 1 N–H and O–H groups in total. The molecule has 0 radical (unpaired) electrons. The molecule has 6 nitrogen and oxygen atoms in total. The molecule has 9 heteroatoms. The molecule has 0 spiro atoms. The molecule has 2 aromatic rings. The summed E-state index contributed by atoms with van der Waals surface area (Å²) in [5.74, 6) is -0.767. The van der Waals surface area contributed by atoms with Crippen molar-refractivity contribution in [3.63, 3.8) is 0 Å². The highest BCUT2D eigenvalue weighted by Gasteiger charge is 2.20.